The van der Waals surface area contributed by atoms with Crippen LogP contribution in [-0.4, -0.2) is 23.9 Å². The summed E-state index contributed by atoms with van der Waals surface area (Å²) in [5.41, 5.74) is 7.35. The number of para-hydroxylation sites is 1. The van der Waals surface area contributed by atoms with Crippen LogP contribution in [0.1, 0.15) is 21.5 Å². The molecule has 0 heterocycles. The Hall–Kier alpha value is -2.82. The van der Waals surface area contributed by atoms with Crippen molar-refractivity contribution >= 4 is 17.4 Å². The number of carboxylic acid groups (broad SMARTS) is 1. The van der Waals surface area contributed by atoms with Gasteiger partial charge in [0.15, 0.2) is 0 Å². The number of nitrogen functional groups attached to an aromatic ring is 1. The van der Waals surface area contributed by atoms with Crippen molar-refractivity contribution in [3.63, 3.8) is 0 Å². The lowest BCUT2D eigenvalue weighted by molar-refractivity contribution is 0.0697. The van der Waals surface area contributed by atoms with Crippen molar-refractivity contribution in [2.75, 3.05) is 12.8 Å². The molecule has 0 radical (unpaired) electrons. The zero-order valence-electron chi connectivity index (χ0n) is 10.9. The van der Waals surface area contributed by atoms with E-state index in [4.69, 9.17) is 21.0 Å². The fourth-order valence-electron chi connectivity index (χ4n) is 1.90. The summed E-state index contributed by atoms with van der Waals surface area (Å²) >= 11 is 0. The van der Waals surface area contributed by atoms with Gasteiger partial charge in [-0.1, -0.05) is 12.1 Å². The van der Waals surface area contributed by atoms with Crippen LogP contribution in [0.2, 0.25) is 0 Å². The minimum absolute atomic E-state index is 0.0915. The standard InChI is InChI=1S/C15H14N2O3/c1-20-13-5-3-2-4-10(13)14(17)11-8-9(15(18)19)6-7-12(11)16/h2-8,17H,16H2,1H3,(H,18,19). The number of rotatable bonds is 4. The van der Waals surface area contributed by atoms with Crippen LogP contribution in [-0.2, 0) is 0 Å². The topological polar surface area (TPSA) is 96.4 Å². The number of anilines is 1. The van der Waals surface area contributed by atoms with Crippen LogP contribution in [0.4, 0.5) is 5.69 Å². The van der Waals surface area contributed by atoms with E-state index in [0.29, 0.717) is 22.6 Å². The van der Waals surface area contributed by atoms with Crippen LogP contribution in [0.25, 0.3) is 0 Å². The van der Waals surface area contributed by atoms with Gasteiger partial charge in [0.25, 0.3) is 0 Å². The summed E-state index contributed by atoms with van der Waals surface area (Å²) in [7, 11) is 1.52. The molecule has 2 aromatic carbocycles. The first-order valence-corrected chi connectivity index (χ1v) is 5.89. The van der Waals surface area contributed by atoms with Gasteiger partial charge in [-0.25, -0.2) is 4.79 Å². The minimum Gasteiger partial charge on any atom is -0.496 e. The lowest BCUT2D eigenvalue weighted by atomic mass is 9.98. The molecule has 0 aromatic heterocycles. The third-order valence-corrected chi connectivity index (χ3v) is 2.95. The molecule has 0 atom stereocenters. The second-order valence-electron chi connectivity index (χ2n) is 4.18. The zero-order valence-corrected chi connectivity index (χ0v) is 10.9. The molecule has 2 rings (SSSR count). The number of methoxy groups -OCH3 is 1. The number of hydrogen-bond donors (Lipinski definition) is 3. The predicted molar refractivity (Wildman–Crippen MR) is 76.7 cm³/mol. The Labute approximate surface area is 116 Å². The molecular formula is C15H14N2O3. The Morgan fingerprint density at radius 1 is 1.20 bits per heavy atom. The van der Waals surface area contributed by atoms with Crippen molar-refractivity contribution in [3.8, 4) is 5.75 Å². The number of ether oxygens (including phenoxy) is 1. The largest absolute Gasteiger partial charge is 0.496 e. The fourth-order valence-corrected chi connectivity index (χ4v) is 1.90. The normalized spacial score (nSPS) is 10.1. The van der Waals surface area contributed by atoms with E-state index in [0.717, 1.165) is 0 Å². The molecule has 0 saturated heterocycles. The SMILES string of the molecule is COc1ccccc1C(=N)c1cc(C(=O)O)ccc1N. The molecule has 20 heavy (non-hydrogen) atoms. The molecule has 0 amide bonds. The summed E-state index contributed by atoms with van der Waals surface area (Å²) in [5, 5.41) is 17.3. The third-order valence-electron chi connectivity index (χ3n) is 2.95. The Bertz CT molecular complexity index is 681. The number of carboxylic acids is 1. The van der Waals surface area contributed by atoms with Gasteiger partial charge in [-0.3, -0.25) is 5.41 Å². The Balaban J connectivity index is 2.53. The highest BCUT2D eigenvalue weighted by Gasteiger charge is 2.15. The van der Waals surface area contributed by atoms with E-state index in [2.05, 4.69) is 0 Å². The monoisotopic (exact) mass is 270 g/mol. The quantitative estimate of drug-likeness (QED) is 0.587. The van der Waals surface area contributed by atoms with Crippen molar-refractivity contribution < 1.29 is 14.6 Å². The third kappa shape index (κ3) is 2.47. The first-order chi connectivity index (χ1) is 9.54. The van der Waals surface area contributed by atoms with Crippen LogP contribution in [0.15, 0.2) is 42.5 Å². The number of hydrogen-bond acceptors (Lipinski definition) is 4. The van der Waals surface area contributed by atoms with Crippen LogP contribution in [0, 0.1) is 5.41 Å². The van der Waals surface area contributed by atoms with E-state index in [9.17, 15) is 4.79 Å². The molecular weight excluding hydrogens is 256 g/mol. The number of carbonyl (C=O) groups is 1. The van der Waals surface area contributed by atoms with Crippen molar-refractivity contribution in [1.82, 2.24) is 0 Å². The van der Waals surface area contributed by atoms with Crippen LogP contribution in [0.5, 0.6) is 5.75 Å². The Morgan fingerprint density at radius 2 is 1.90 bits per heavy atom. The van der Waals surface area contributed by atoms with E-state index in [1.807, 2.05) is 0 Å². The molecule has 0 unspecified atom stereocenters. The Kier molecular flexibility index (Phi) is 3.70. The summed E-state index contributed by atoms with van der Waals surface area (Å²) in [6, 6.07) is 11.3. The van der Waals surface area contributed by atoms with Crippen molar-refractivity contribution in [1.29, 1.82) is 5.41 Å². The summed E-state index contributed by atoms with van der Waals surface area (Å²) in [4.78, 5) is 11.0. The van der Waals surface area contributed by atoms with Gasteiger partial charge in [0, 0.05) is 16.8 Å². The fraction of sp³-hybridized carbons (Fsp3) is 0.0667. The van der Waals surface area contributed by atoms with Gasteiger partial charge >= 0.3 is 5.97 Å². The second kappa shape index (κ2) is 5.44. The van der Waals surface area contributed by atoms with Gasteiger partial charge < -0.3 is 15.6 Å². The van der Waals surface area contributed by atoms with Gasteiger partial charge in [-0.05, 0) is 30.3 Å². The molecule has 2 aromatic rings. The maximum atomic E-state index is 11.0. The highest BCUT2D eigenvalue weighted by molar-refractivity contribution is 6.16. The molecule has 0 aliphatic carbocycles. The maximum Gasteiger partial charge on any atom is 0.335 e. The van der Waals surface area contributed by atoms with Crippen LogP contribution >= 0.6 is 0 Å². The lowest BCUT2D eigenvalue weighted by Gasteiger charge is -2.12. The number of benzene rings is 2. The lowest BCUT2D eigenvalue weighted by Crippen LogP contribution is -2.09. The van der Waals surface area contributed by atoms with E-state index in [-0.39, 0.29) is 11.3 Å². The molecule has 0 aliphatic heterocycles. The molecule has 0 aliphatic rings. The summed E-state index contributed by atoms with van der Waals surface area (Å²) in [6.07, 6.45) is 0. The van der Waals surface area contributed by atoms with Gasteiger partial charge in [0.2, 0.25) is 0 Å². The van der Waals surface area contributed by atoms with Crippen LogP contribution < -0.4 is 10.5 Å². The van der Waals surface area contributed by atoms with Crippen LogP contribution in [0.3, 0.4) is 0 Å². The smallest absolute Gasteiger partial charge is 0.335 e. The summed E-state index contributed by atoms with van der Waals surface area (Å²) in [5.74, 6) is -0.517. The van der Waals surface area contributed by atoms with Gasteiger partial charge in [-0.2, -0.15) is 0 Å². The predicted octanol–water partition coefficient (Wildman–Crippen LogP) is 2.39. The zero-order chi connectivity index (χ0) is 14.7. The molecule has 102 valence electrons. The summed E-state index contributed by atoms with van der Waals surface area (Å²) in [6.45, 7) is 0. The second-order valence-corrected chi connectivity index (χ2v) is 4.18. The molecule has 0 bridgehead atoms. The molecule has 5 nitrogen and oxygen atoms in total. The number of nitrogens with two attached hydrogens (primary N) is 1. The Morgan fingerprint density at radius 3 is 2.55 bits per heavy atom. The first kappa shape index (κ1) is 13.6. The molecule has 0 spiro atoms. The van der Waals surface area contributed by atoms with Crippen molar-refractivity contribution in [2.45, 2.75) is 0 Å². The molecule has 0 saturated carbocycles. The minimum atomic E-state index is -1.06. The van der Waals surface area contributed by atoms with Gasteiger partial charge in [0.1, 0.15) is 5.75 Å². The average Bonchev–Trinajstić information content (AvgIpc) is 2.46. The number of nitrogens with one attached hydrogen (secondary N) is 1. The van der Waals surface area contributed by atoms with E-state index in [1.54, 1.807) is 24.3 Å². The van der Waals surface area contributed by atoms with Gasteiger partial charge in [-0.15, -0.1) is 0 Å². The molecule has 5 heteroatoms. The maximum absolute atomic E-state index is 11.0. The van der Waals surface area contributed by atoms with E-state index in [1.165, 1.54) is 25.3 Å². The van der Waals surface area contributed by atoms with Gasteiger partial charge in [0.05, 0.1) is 18.4 Å². The van der Waals surface area contributed by atoms with Crippen molar-refractivity contribution in [3.05, 3.63) is 59.2 Å². The highest BCUT2D eigenvalue weighted by atomic mass is 16.5. The van der Waals surface area contributed by atoms with E-state index >= 15 is 0 Å². The molecule has 4 N–H and O–H groups in total. The molecule has 0 fully saturated rings. The summed E-state index contributed by atoms with van der Waals surface area (Å²) < 4.78 is 5.21. The number of aromatic carboxylic acids is 1. The van der Waals surface area contributed by atoms with E-state index < -0.39 is 5.97 Å². The first-order valence-electron chi connectivity index (χ1n) is 5.89. The highest BCUT2D eigenvalue weighted by Crippen LogP contribution is 2.24. The van der Waals surface area contributed by atoms with Crippen molar-refractivity contribution in [2.24, 2.45) is 0 Å². The average molecular weight is 270 g/mol.